The molecule has 7 heteroatoms. The van der Waals surface area contributed by atoms with Crippen molar-refractivity contribution in [1.29, 1.82) is 0 Å². The number of anilines is 1. The molecule has 0 unspecified atom stereocenters. The number of rotatable bonds is 11. The Bertz CT molecular complexity index is 725. The van der Waals surface area contributed by atoms with Gasteiger partial charge in [-0.15, -0.1) is 0 Å². The summed E-state index contributed by atoms with van der Waals surface area (Å²) in [5, 5.41) is 2.85. The maximum Gasteiger partial charge on any atom is 0.321 e. The molecule has 2 amide bonds. The first-order valence-electron chi connectivity index (χ1n) is 9.23. The van der Waals surface area contributed by atoms with Gasteiger partial charge in [-0.2, -0.15) is 0 Å². The van der Waals surface area contributed by atoms with Crippen LogP contribution in [0.3, 0.4) is 0 Å². The molecule has 28 heavy (non-hydrogen) atoms. The summed E-state index contributed by atoms with van der Waals surface area (Å²) < 4.78 is 29.1. The van der Waals surface area contributed by atoms with Crippen LogP contribution in [0, 0.1) is 5.82 Å². The van der Waals surface area contributed by atoms with Crippen molar-refractivity contribution >= 4 is 11.7 Å². The number of nitrogens with zero attached hydrogens (tertiary/aromatic N) is 1. The lowest BCUT2D eigenvalue weighted by molar-refractivity contribution is 0.0453. The van der Waals surface area contributed by atoms with Crippen LogP contribution in [0.4, 0.5) is 14.9 Å². The first-order valence-corrected chi connectivity index (χ1v) is 9.23. The molecule has 0 saturated heterocycles. The maximum absolute atomic E-state index is 12.9. The number of benzene rings is 2. The van der Waals surface area contributed by atoms with Crippen molar-refractivity contribution < 1.29 is 23.4 Å². The van der Waals surface area contributed by atoms with E-state index in [4.69, 9.17) is 14.2 Å². The van der Waals surface area contributed by atoms with E-state index in [1.54, 1.807) is 19.2 Å². The van der Waals surface area contributed by atoms with Crippen molar-refractivity contribution in [3.8, 4) is 5.75 Å². The SMILES string of the molecule is CCOCCOCc1cccc(NC(=O)N(C)CCOc2ccc(F)cc2)c1. The van der Waals surface area contributed by atoms with Gasteiger partial charge in [0.15, 0.2) is 0 Å². The van der Waals surface area contributed by atoms with E-state index in [1.165, 1.54) is 17.0 Å². The van der Waals surface area contributed by atoms with Gasteiger partial charge in [0, 0.05) is 19.3 Å². The Kier molecular flexibility index (Phi) is 9.24. The topological polar surface area (TPSA) is 60.0 Å². The summed E-state index contributed by atoms with van der Waals surface area (Å²) in [7, 11) is 1.68. The number of carbonyl (C=O) groups excluding carboxylic acids is 1. The van der Waals surface area contributed by atoms with Gasteiger partial charge in [0.05, 0.1) is 26.4 Å². The summed E-state index contributed by atoms with van der Waals surface area (Å²) in [6, 6.07) is 13.0. The van der Waals surface area contributed by atoms with Gasteiger partial charge in [0.25, 0.3) is 0 Å². The number of halogens is 1. The molecule has 152 valence electrons. The summed E-state index contributed by atoms with van der Waals surface area (Å²) in [6.07, 6.45) is 0. The monoisotopic (exact) mass is 390 g/mol. The van der Waals surface area contributed by atoms with E-state index in [0.717, 1.165) is 5.56 Å². The Labute approximate surface area is 165 Å². The Morgan fingerprint density at radius 1 is 1.07 bits per heavy atom. The summed E-state index contributed by atoms with van der Waals surface area (Å²) in [4.78, 5) is 13.8. The highest BCUT2D eigenvalue weighted by atomic mass is 19.1. The predicted octanol–water partition coefficient (Wildman–Crippen LogP) is 3.92. The number of hydrogen-bond acceptors (Lipinski definition) is 4. The minimum atomic E-state index is -0.314. The summed E-state index contributed by atoms with van der Waals surface area (Å²) in [6.45, 7) is 4.87. The average Bonchev–Trinajstić information content (AvgIpc) is 2.69. The van der Waals surface area contributed by atoms with Crippen LogP contribution in [-0.2, 0) is 16.1 Å². The molecule has 6 nitrogen and oxygen atoms in total. The van der Waals surface area contributed by atoms with Crippen molar-refractivity contribution in [1.82, 2.24) is 4.90 Å². The minimum absolute atomic E-state index is 0.239. The largest absolute Gasteiger partial charge is 0.492 e. The van der Waals surface area contributed by atoms with Gasteiger partial charge in [0.1, 0.15) is 18.2 Å². The molecule has 0 aliphatic heterocycles. The molecule has 0 spiro atoms. The van der Waals surface area contributed by atoms with Gasteiger partial charge in [-0.1, -0.05) is 12.1 Å². The lowest BCUT2D eigenvalue weighted by Gasteiger charge is -2.18. The standard InChI is InChI=1S/C21H27FN2O4/c1-3-26-13-14-27-16-17-5-4-6-19(15-17)23-21(25)24(2)11-12-28-20-9-7-18(22)8-10-20/h4-10,15H,3,11-14,16H2,1-2H3,(H,23,25). The second-order valence-corrected chi connectivity index (χ2v) is 6.10. The van der Waals surface area contributed by atoms with E-state index in [2.05, 4.69) is 5.32 Å². The Morgan fingerprint density at radius 3 is 2.57 bits per heavy atom. The zero-order chi connectivity index (χ0) is 20.2. The number of nitrogens with one attached hydrogen (secondary N) is 1. The molecule has 2 aromatic carbocycles. The zero-order valence-electron chi connectivity index (χ0n) is 16.3. The maximum atomic E-state index is 12.9. The third-order valence-corrected chi connectivity index (χ3v) is 3.88. The molecular formula is C21H27FN2O4. The van der Waals surface area contributed by atoms with Crippen LogP contribution >= 0.6 is 0 Å². The fraction of sp³-hybridized carbons (Fsp3) is 0.381. The van der Waals surface area contributed by atoms with Crippen LogP contribution in [0.5, 0.6) is 5.75 Å². The van der Waals surface area contributed by atoms with Crippen LogP contribution in [-0.4, -0.2) is 51.0 Å². The second-order valence-electron chi connectivity index (χ2n) is 6.10. The lowest BCUT2D eigenvalue weighted by atomic mass is 10.2. The highest BCUT2D eigenvalue weighted by molar-refractivity contribution is 5.89. The molecular weight excluding hydrogens is 363 g/mol. The number of likely N-dealkylation sites (N-methyl/N-ethyl adjacent to an activating group) is 1. The van der Waals surface area contributed by atoms with E-state index in [1.807, 2.05) is 31.2 Å². The molecule has 0 bridgehead atoms. The number of urea groups is 1. The van der Waals surface area contributed by atoms with Crippen molar-refractivity contribution in [2.75, 3.05) is 45.3 Å². The van der Waals surface area contributed by atoms with Crippen LogP contribution < -0.4 is 10.1 Å². The molecule has 0 aromatic heterocycles. The highest BCUT2D eigenvalue weighted by Crippen LogP contribution is 2.13. The van der Waals surface area contributed by atoms with Crippen LogP contribution in [0.25, 0.3) is 0 Å². The molecule has 1 N–H and O–H groups in total. The van der Waals surface area contributed by atoms with Gasteiger partial charge >= 0.3 is 6.03 Å². The Morgan fingerprint density at radius 2 is 1.82 bits per heavy atom. The van der Waals surface area contributed by atoms with E-state index in [9.17, 15) is 9.18 Å². The van der Waals surface area contributed by atoms with Gasteiger partial charge < -0.3 is 24.4 Å². The zero-order valence-corrected chi connectivity index (χ0v) is 16.3. The van der Waals surface area contributed by atoms with Crippen molar-refractivity contribution in [2.45, 2.75) is 13.5 Å². The number of carbonyl (C=O) groups is 1. The molecule has 2 aromatic rings. The first kappa shape index (κ1) is 21.7. The normalized spacial score (nSPS) is 10.5. The quantitative estimate of drug-likeness (QED) is 0.591. The predicted molar refractivity (Wildman–Crippen MR) is 106 cm³/mol. The fourth-order valence-corrected chi connectivity index (χ4v) is 2.34. The fourth-order valence-electron chi connectivity index (χ4n) is 2.34. The van der Waals surface area contributed by atoms with Crippen molar-refractivity contribution in [3.05, 3.63) is 59.9 Å². The summed E-state index contributed by atoms with van der Waals surface area (Å²) in [5.41, 5.74) is 1.67. The van der Waals surface area contributed by atoms with E-state index in [-0.39, 0.29) is 11.8 Å². The summed E-state index contributed by atoms with van der Waals surface area (Å²) >= 11 is 0. The molecule has 0 radical (unpaired) electrons. The molecule has 0 aliphatic rings. The van der Waals surface area contributed by atoms with Crippen molar-refractivity contribution in [2.24, 2.45) is 0 Å². The van der Waals surface area contributed by atoms with Crippen LogP contribution in [0.2, 0.25) is 0 Å². The van der Waals surface area contributed by atoms with E-state index < -0.39 is 0 Å². The third kappa shape index (κ3) is 7.94. The molecule has 0 atom stereocenters. The van der Waals surface area contributed by atoms with Crippen LogP contribution in [0.15, 0.2) is 48.5 Å². The molecule has 0 fully saturated rings. The number of amides is 2. The minimum Gasteiger partial charge on any atom is -0.492 e. The second kappa shape index (κ2) is 11.9. The molecule has 0 aliphatic carbocycles. The first-order chi connectivity index (χ1) is 13.6. The third-order valence-electron chi connectivity index (χ3n) is 3.88. The van der Waals surface area contributed by atoms with E-state index >= 15 is 0 Å². The van der Waals surface area contributed by atoms with E-state index in [0.29, 0.717) is 51.0 Å². The van der Waals surface area contributed by atoms with Crippen LogP contribution in [0.1, 0.15) is 12.5 Å². The number of hydrogen-bond donors (Lipinski definition) is 1. The van der Waals surface area contributed by atoms with Gasteiger partial charge in [-0.25, -0.2) is 9.18 Å². The highest BCUT2D eigenvalue weighted by Gasteiger charge is 2.09. The lowest BCUT2D eigenvalue weighted by Crippen LogP contribution is -2.34. The summed E-state index contributed by atoms with van der Waals surface area (Å²) in [5.74, 6) is 0.248. The molecule has 0 heterocycles. The molecule has 0 saturated carbocycles. The van der Waals surface area contributed by atoms with Crippen molar-refractivity contribution in [3.63, 3.8) is 0 Å². The number of ether oxygens (including phenoxy) is 3. The van der Waals surface area contributed by atoms with Gasteiger partial charge in [-0.05, 0) is 48.9 Å². The smallest absolute Gasteiger partial charge is 0.321 e. The Balaban J connectivity index is 1.73. The Hall–Kier alpha value is -2.64. The van der Waals surface area contributed by atoms with Gasteiger partial charge in [0.2, 0.25) is 0 Å². The average molecular weight is 390 g/mol. The van der Waals surface area contributed by atoms with Gasteiger partial charge in [-0.3, -0.25) is 0 Å². The molecule has 2 rings (SSSR count).